The summed E-state index contributed by atoms with van der Waals surface area (Å²) in [5.41, 5.74) is 9.65. The molecule has 5 rings (SSSR count). The van der Waals surface area contributed by atoms with Crippen molar-refractivity contribution in [2.75, 3.05) is 13.2 Å². The average Bonchev–Trinajstić information content (AvgIpc) is 3.57. The summed E-state index contributed by atoms with van der Waals surface area (Å²) in [6.07, 6.45) is 5.30. The van der Waals surface area contributed by atoms with Gasteiger partial charge in [0.1, 0.15) is 6.29 Å². The van der Waals surface area contributed by atoms with Gasteiger partial charge in [0.2, 0.25) is 0 Å². The highest BCUT2D eigenvalue weighted by atomic mass is 16.5. The molecule has 1 heterocycles. The topological polar surface area (TPSA) is 96.2 Å². The van der Waals surface area contributed by atoms with Gasteiger partial charge in [0.25, 0.3) is 0 Å². The van der Waals surface area contributed by atoms with Gasteiger partial charge in [0, 0.05) is 31.5 Å². The Hall–Kier alpha value is -3.90. The molecule has 5 nitrogen and oxygen atoms in total. The van der Waals surface area contributed by atoms with Gasteiger partial charge in [-0.2, -0.15) is 0 Å². The summed E-state index contributed by atoms with van der Waals surface area (Å²) in [6.45, 7) is 3.39. The Morgan fingerprint density at radius 1 is 0.649 bits per heavy atom. The van der Waals surface area contributed by atoms with E-state index in [0.717, 1.165) is 37.2 Å². The fraction of sp³-hybridized carbons (Fsp3) is 0.188. The molecule has 0 aliphatic carbocycles. The van der Waals surface area contributed by atoms with Crippen molar-refractivity contribution in [1.82, 2.24) is 0 Å². The number of hydrogen-bond acceptors (Lipinski definition) is 4. The van der Waals surface area contributed by atoms with Gasteiger partial charge in [0.05, 0.1) is 6.54 Å². The molecule has 194 valence electrons. The van der Waals surface area contributed by atoms with Gasteiger partial charge in [0.15, 0.2) is 0 Å². The monoisotopic (exact) mass is 498 g/mol. The fourth-order valence-corrected chi connectivity index (χ4v) is 3.03. The van der Waals surface area contributed by atoms with Crippen molar-refractivity contribution in [2.24, 2.45) is 10.7 Å². The molecule has 0 atom stereocenters. The minimum absolute atomic E-state index is 0. The predicted molar refractivity (Wildman–Crippen MR) is 154 cm³/mol. The van der Waals surface area contributed by atoms with Crippen LogP contribution >= 0.6 is 0 Å². The molecule has 1 saturated heterocycles. The van der Waals surface area contributed by atoms with E-state index in [1.54, 1.807) is 12.1 Å². The average molecular weight is 499 g/mol. The number of ether oxygens (including phenoxy) is 1. The van der Waals surface area contributed by atoms with Crippen LogP contribution in [0.3, 0.4) is 0 Å². The SMILES string of the molecule is C(=NCc1ccccc1)c1ccccc1.C1CCOC1.NCc1ccccc1.O.O=Cc1ccccc1. The van der Waals surface area contributed by atoms with Crippen molar-refractivity contribution in [1.29, 1.82) is 0 Å². The molecule has 0 spiro atoms. The minimum Gasteiger partial charge on any atom is -0.412 e. The molecular formula is C32H38N2O3. The smallest absolute Gasteiger partial charge is 0.150 e. The molecular weight excluding hydrogens is 460 g/mol. The molecule has 0 amide bonds. The van der Waals surface area contributed by atoms with Gasteiger partial charge in [-0.05, 0) is 29.5 Å². The summed E-state index contributed by atoms with van der Waals surface area (Å²) >= 11 is 0. The molecule has 5 heteroatoms. The summed E-state index contributed by atoms with van der Waals surface area (Å²) in [7, 11) is 0. The first-order valence-electron chi connectivity index (χ1n) is 12.2. The van der Waals surface area contributed by atoms with E-state index in [-0.39, 0.29) is 5.48 Å². The zero-order valence-corrected chi connectivity index (χ0v) is 21.3. The highest BCUT2D eigenvalue weighted by molar-refractivity contribution is 5.79. The second-order valence-electron chi connectivity index (χ2n) is 7.90. The summed E-state index contributed by atoms with van der Waals surface area (Å²) in [6, 6.07) is 39.5. The van der Waals surface area contributed by atoms with E-state index >= 15 is 0 Å². The molecule has 4 N–H and O–H groups in total. The van der Waals surface area contributed by atoms with Crippen LogP contribution in [0.25, 0.3) is 0 Å². The molecule has 4 aromatic rings. The summed E-state index contributed by atoms with van der Waals surface area (Å²) in [5.74, 6) is 0. The van der Waals surface area contributed by atoms with Crippen LogP contribution in [0.2, 0.25) is 0 Å². The Morgan fingerprint density at radius 2 is 1.08 bits per heavy atom. The lowest BCUT2D eigenvalue weighted by Crippen LogP contribution is -1.94. The van der Waals surface area contributed by atoms with Crippen molar-refractivity contribution < 1.29 is 15.0 Å². The highest BCUT2D eigenvalue weighted by Crippen LogP contribution is 2.01. The van der Waals surface area contributed by atoms with Crippen molar-refractivity contribution in [3.05, 3.63) is 144 Å². The lowest BCUT2D eigenvalue weighted by Gasteiger charge is -1.94. The van der Waals surface area contributed by atoms with Crippen molar-refractivity contribution in [3.63, 3.8) is 0 Å². The Labute approximate surface area is 221 Å². The minimum atomic E-state index is 0. The van der Waals surface area contributed by atoms with Crippen LogP contribution in [0.1, 0.15) is 39.9 Å². The number of aliphatic imine (C=N–C) groups is 1. The van der Waals surface area contributed by atoms with E-state index in [1.165, 1.54) is 24.0 Å². The second-order valence-corrected chi connectivity index (χ2v) is 7.90. The first-order valence-corrected chi connectivity index (χ1v) is 12.2. The number of benzene rings is 4. The third-order valence-electron chi connectivity index (χ3n) is 5.00. The molecule has 1 aliphatic heterocycles. The standard InChI is InChI=1S/C14H13N.C7H9N.C7H6O.C4H8O.H2O/c1-3-7-13(8-4-1)11-15-12-14-9-5-2-6-10-14;2*8-6-7-4-2-1-3-5-7;1-2-4-5-3-1;/h1-11H,12H2;1-5H,6,8H2;1-6H;1-4H2;1H2. The number of rotatable bonds is 5. The van der Waals surface area contributed by atoms with Gasteiger partial charge >= 0.3 is 0 Å². The zero-order chi connectivity index (χ0) is 25.5. The highest BCUT2D eigenvalue weighted by Gasteiger charge is 1.94. The molecule has 0 bridgehead atoms. The molecule has 0 aromatic heterocycles. The van der Waals surface area contributed by atoms with Crippen molar-refractivity contribution >= 4 is 12.5 Å². The first kappa shape index (κ1) is 31.1. The van der Waals surface area contributed by atoms with Crippen LogP contribution < -0.4 is 5.73 Å². The maximum atomic E-state index is 10.0. The lowest BCUT2D eigenvalue weighted by atomic mass is 10.2. The Bertz CT molecular complexity index is 1060. The quantitative estimate of drug-likeness (QED) is 0.273. The van der Waals surface area contributed by atoms with E-state index in [9.17, 15) is 4.79 Å². The molecule has 4 aromatic carbocycles. The number of nitrogens with zero attached hydrogens (tertiary/aromatic N) is 1. The second kappa shape index (κ2) is 21.4. The van der Waals surface area contributed by atoms with Gasteiger partial charge < -0.3 is 15.9 Å². The maximum absolute atomic E-state index is 10.0. The first-order chi connectivity index (χ1) is 17.8. The number of nitrogens with two attached hydrogens (primary N) is 1. The lowest BCUT2D eigenvalue weighted by molar-refractivity contribution is 0.112. The van der Waals surface area contributed by atoms with Crippen LogP contribution in [-0.2, 0) is 17.8 Å². The summed E-state index contributed by atoms with van der Waals surface area (Å²) in [5, 5.41) is 0. The fourth-order valence-electron chi connectivity index (χ4n) is 3.03. The zero-order valence-electron chi connectivity index (χ0n) is 21.3. The predicted octanol–water partition coefficient (Wildman–Crippen LogP) is 5.92. The molecule has 37 heavy (non-hydrogen) atoms. The third-order valence-corrected chi connectivity index (χ3v) is 5.00. The van der Waals surface area contributed by atoms with E-state index in [1.807, 2.05) is 91.1 Å². The Balaban J connectivity index is 0.000000266. The molecule has 1 aliphatic rings. The maximum Gasteiger partial charge on any atom is 0.150 e. The Kier molecular flexibility index (Phi) is 18.0. The molecule has 1 fully saturated rings. The van der Waals surface area contributed by atoms with Crippen LogP contribution in [-0.4, -0.2) is 31.2 Å². The van der Waals surface area contributed by atoms with Gasteiger partial charge in [-0.3, -0.25) is 9.79 Å². The van der Waals surface area contributed by atoms with E-state index in [0.29, 0.717) is 6.54 Å². The Morgan fingerprint density at radius 3 is 1.43 bits per heavy atom. The van der Waals surface area contributed by atoms with E-state index < -0.39 is 0 Å². The van der Waals surface area contributed by atoms with Crippen molar-refractivity contribution in [3.8, 4) is 0 Å². The molecule has 0 radical (unpaired) electrons. The number of aldehydes is 1. The van der Waals surface area contributed by atoms with Crippen LogP contribution in [0.5, 0.6) is 0 Å². The number of hydrogen-bond donors (Lipinski definition) is 1. The van der Waals surface area contributed by atoms with E-state index in [4.69, 9.17) is 10.5 Å². The third kappa shape index (κ3) is 15.7. The summed E-state index contributed by atoms with van der Waals surface area (Å²) in [4.78, 5) is 14.4. The number of carbonyl (C=O) groups excluding carboxylic acids is 1. The largest absolute Gasteiger partial charge is 0.412 e. The number of carbonyl (C=O) groups is 1. The van der Waals surface area contributed by atoms with Crippen molar-refractivity contribution in [2.45, 2.75) is 25.9 Å². The normalized spacial score (nSPS) is 11.4. The van der Waals surface area contributed by atoms with Gasteiger partial charge in [-0.25, -0.2) is 0 Å². The van der Waals surface area contributed by atoms with Gasteiger partial charge in [-0.1, -0.05) is 121 Å². The van der Waals surface area contributed by atoms with E-state index in [2.05, 4.69) is 29.3 Å². The van der Waals surface area contributed by atoms with Crippen LogP contribution in [0, 0.1) is 0 Å². The summed E-state index contributed by atoms with van der Waals surface area (Å²) < 4.78 is 4.94. The molecule has 0 unspecified atom stereocenters. The van der Waals surface area contributed by atoms with Crippen LogP contribution in [0.4, 0.5) is 0 Å². The van der Waals surface area contributed by atoms with Gasteiger partial charge in [-0.15, -0.1) is 0 Å². The van der Waals surface area contributed by atoms with Crippen LogP contribution in [0.15, 0.2) is 126 Å². The molecule has 0 saturated carbocycles.